The standard InChI is InChI=1S/C26H32Cl2O6/c1-11-8-6-7-9-12(2)32-24(31)14(4)21(29)26(27,28)22(30)18-16(11)20-19(33-20)15-10-25(5)23(34-25)13(3)17(15)18/h6-9,11-20,23H,10H2,1-5H3/b8-6-,9-7+/t11-,12+,13?,14+,15-,16+,17?,18?,19?,20?,23+,25-/m1/s1. The Morgan fingerprint density at radius 3 is 2.32 bits per heavy atom. The Labute approximate surface area is 210 Å². The summed E-state index contributed by atoms with van der Waals surface area (Å²) in [5.74, 6) is -4.06. The third-order valence-corrected chi connectivity index (χ3v) is 9.58. The van der Waals surface area contributed by atoms with Crippen molar-refractivity contribution in [2.75, 3.05) is 0 Å². The number of hydrogen-bond donors (Lipinski definition) is 0. The zero-order valence-electron chi connectivity index (χ0n) is 20.1. The Morgan fingerprint density at radius 2 is 1.62 bits per heavy atom. The van der Waals surface area contributed by atoms with Crippen LogP contribution in [0.15, 0.2) is 24.3 Å². The zero-order chi connectivity index (χ0) is 24.7. The van der Waals surface area contributed by atoms with E-state index in [9.17, 15) is 14.4 Å². The number of carbonyl (C=O) groups excluding carboxylic acids is 3. The van der Waals surface area contributed by atoms with Crippen molar-refractivity contribution < 1.29 is 28.6 Å². The van der Waals surface area contributed by atoms with Gasteiger partial charge in [-0.05, 0) is 56.9 Å². The van der Waals surface area contributed by atoms with Gasteiger partial charge in [0, 0.05) is 11.8 Å². The number of alkyl halides is 2. The first-order chi connectivity index (χ1) is 15.9. The second-order valence-corrected chi connectivity index (χ2v) is 12.4. The molecule has 186 valence electrons. The van der Waals surface area contributed by atoms with Crippen LogP contribution in [0.3, 0.4) is 0 Å². The molecular formula is C26H32Cl2O6. The van der Waals surface area contributed by atoms with Crippen LogP contribution in [0, 0.1) is 41.4 Å². The van der Waals surface area contributed by atoms with E-state index in [0.29, 0.717) is 0 Å². The maximum absolute atomic E-state index is 14.1. The number of ether oxygens (including phenoxy) is 3. The minimum absolute atomic E-state index is 0.0207. The highest BCUT2D eigenvalue weighted by Crippen LogP contribution is 2.65. The summed E-state index contributed by atoms with van der Waals surface area (Å²) in [6.07, 6.45) is 7.78. The number of carbonyl (C=O) groups is 3. The molecule has 0 aromatic carbocycles. The number of ketones is 2. The Bertz CT molecular complexity index is 974. The predicted octanol–water partition coefficient (Wildman–Crippen LogP) is 4.07. The summed E-state index contributed by atoms with van der Waals surface area (Å²) in [4.78, 5) is 40.0. The molecule has 0 amide bonds. The molecular weight excluding hydrogens is 479 g/mol. The number of hydrogen-bond acceptors (Lipinski definition) is 6. The van der Waals surface area contributed by atoms with E-state index in [4.69, 9.17) is 37.4 Å². The van der Waals surface area contributed by atoms with Gasteiger partial charge in [0.05, 0.1) is 23.9 Å². The van der Waals surface area contributed by atoms with E-state index in [1.165, 1.54) is 6.92 Å². The van der Waals surface area contributed by atoms with Crippen LogP contribution < -0.4 is 0 Å². The van der Waals surface area contributed by atoms with Crippen molar-refractivity contribution in [2.24, 2.45) is 41.4 Å². The van der Waals surface area contributed by atoms with Gasteiger partial charge in [-0.2, -0.15) is 0 Å². The molecule has 0 bridgehead atoms. The Hall–Kier alpha value is -1.21. The van der Waals surface area contributed by atoms with Gasteiger partial charge in [-0.25, -0.2) is 0 Å². The summed E-state index contributed by atoms with van der Waals surface area (Å²) in [6.45, 7) is 9.38. The number of rotatable bonds is 0. The lowest BCUT2D eigenvalue weighted by molar-refractivity contribution is -0.154. The van der Waals surface area contributed by atoms with Crippen LogP contribution in [0.1, 0.15) is 41.0 Å². The number of halogens is 2. The van der Waals surface area contributed by atoms with Crippen molar-refractivity contribution in [2.45, 2.75) is 75.4 Å². The quantitative estimate of drug-likeness (QED) is 0.211. The highest BCUT2D eigenvalue weighted by atomic mass is 35.5. The van der Waals surface area contributed by atoms with E-state index in [2.05, 4.69) is 20.8 Å². The number of esters is 1. The van der Waals surface area contributed by atoms with Gasteiger partial charge >= 0.3 is 5.97 Å². The number of Topliss-reactive ketones (excluding diaryl/α,β-unsaturated/α-hetero) is 2. The monoisotopic (exact) mass is 510 g/mol. The van der Waals surface area contributed by atoms with E-state index in [-0.39, 0.29) is 53.5 Å². The fourth-order valence-electron chi connectivity index (χ4n) is 7.06. The molecule has 0 aromatic heterocycles. The lowest BCUT2D eigenvalue weighted by Crippen LogP contribution is -2.57. The second-order valence-electron chi connectivity index (χ2n) is 11.1. The lowest BCUT2D eigenvalue weighted by Gasteiger charge is -2.48. The average molecular weight is 511 g/mol. The van der Waals surface area contributed by atoms with Crippen LogP contribution >= 0.6 is 23.2 Å². The van der Waals surface area contributed by atoms with Gasteiger partial charge in [-0.15, -0.1) is 0 Å². The minimum atomic E-state index is -2.36. The van der Waals surface area contributed by atoms with Crippen LogP contribution in [0.4, 0.5) is 0 Å². The predicted molar refractivity (Wildman–Crippen MR) is 126 cm³/mol. The van der Waals surface area contributed by atoms with Gasteiger partial charge in [-0.3, -0.25) is 14.4 Å². The first-order valence-electron chi connectivity index (χ1n) is 12.2. The van der Waals surface area contributed by atoms with E-state index in [1.54, 1.807) is 13.0 Å². The fraction of sp³-hybridized carbons (Fsp3) is 0.731. The molecule has 6 nitrogen and oxygen atoms in total. The highest BCUT2D eigenvalue weighted by molar-refractivity contribution is 6.68. The number of fused-ring (bicyclic) bond motifs is 7. The maximum Gasteiger partial charge on any atom is 0.316 e. The Balaban J connectivity index is 1.58. The molecule has 0 radical (unpaired) electrons. The molecule has 3 heterocycles. The molecule has 12 atom stereocenters. The molecule has 0 aromatic rings. The number of epoxide rings is 2. The largest absolute Gasteiger partial charge is 0.458 e. The van der Waals surface area contributed by atoms with Gasteiger partial charge in [0.2, 0.25) is 4.33 Å². The maximum atomic E-state index is 14.1. The summed E-state index contributed by atoms with van der Waals surface area (Å²) in [6, 6.07) is 0. The van der Waals surface area contributed by atoms with Crippen molar-refractivity contribution in [3.63, 3.8) is 0 Å². The molecule has 8 heteroatoms. The van der Waals surface area contributed by atoms with Crippen molar-refractivity contribution >= 4 is 40.7 Å². The van der Waals surface area contributed by atoms with Crippen molar-refractivity contribution in [3.8, 4) is 0 Å². The minimum Gasteiger partial charge on any atom is -0.458 e. The van der Waals surface area contributed by atoms with E-state index in [0.717, 1.165) is 6.42 Å². The average Bonchev–Trinajstić information content (AvgIpc) is 3.68. The summed E-state index contributed by atoms with van der Waals surface area (Å²) < 4.78 is 15.3. The van der Waals surface area contributed by atoms with E-state index in [1.807, 2.05) is 18.2 Å². The van der Waals surface area contributed by atoms with E-state index < -0.39 is 39.8 Å². The number of cyclic esters (lactones) is 1. The van der Waals surface area contributed by atoms with Gasteiger partial charge in [0.1, 0.15) is 12.0 Å². The third kappa shape index (κ3) is 3.71. The van der Waals surface area contributed by atoms with Gasteiger partial charge in [0.15, 0.2) is 11.6 Å². The van der Waals surface area contributed by atoms with Crippen LogP contribution in [-0.2, 0) is 28.6 Å². The number of allylic oxidation sites excluding steroid dienone is 3. The molecule has 2 aliphatic carbocycles. The highest BCUT2D eigenvalue weighted by Gasteiger charge is 2.73. The van der Waals surface area contributed by atoms with Gasteiger partial charge in [0.25, 0.3) is 0 Å². The molecule has 3 aliphatic heterocycles. The molecule has 5 unspecified atom stereocenters. The Kier molecular flexibility index (Phi) is 5.87. The molecule has 0 N–H and O–H groups in total. The summed E-state index contributed by atoms with van der Waals surface area (Å²) in [7, 11) is 0. The Morgan fingerprint density at radius 1 is 0.941 bits per heavy atom. The first-order valence-corrected chi connectivity index (χ1v) is 13.0. The summed E-state index contributed by atoms with van der Waals surface area (Å²) >= 11 is 13.2. The molecule has 5 aliphatic rings. The van der Waals surface area contributed by atoms with Gasteiger partial charge in [-0.1, -0.05) is 55.3 Å². The van der Waals surface area contributed by atoms with E-state index >= 15 is 0 Å². The molecule has 0 spiro atoms. The van der Waals surface area contributed by atoms with Crippen LogP contribution in [-0.4, -0.2) is 51.9 Å². The lowest BCUT2D eigenvalue weighted by atomic mass is 9.53. The summed E-state index contributed by atoms with van der Waals surface area (Å²) in [5.41, 5.74) is -0.186. The zero-order valence-corrected chi connectivity index (χ0v) is 21.6. The fourth-order valence-corrected chi connectivity index (χ4v) is 7.64. The smallest absolute Gasteiger partial charge is 0.316 e. The van der Waals surface area contributed by atoms with Crippen LogP contribution in [0.5, 0.6) is 0 Å². The molecule has 2 saturated carbocycles. The SMILES string of the molecule is CC1C2C3C(=O)C(Cl)(Cl)C(=O)[C@H](C)C(=O)O[C@@H](C)/C=C/C=C\[C@@H](C)[C@@H]3C3OC3[C@@H]2C[C@@]2(C)O[C@@H]12. The van der Waals surface area contributed by atoms with Crippen molar-refractivity contribution in [1.82, 2.24) is 0 Å². The first kappa shape index (κ1) is 24.5. The second kappa shape index (κ2) is 8.16. The van der Waals surface area contributed by atoms with Crippen LogP contribution in [0.2, 0.25) is 0 Å². The van der Waals surface area contributed by atoms with Crippen molar-refractivity contribution in [1.29, 1.82) is 0 Å². The molecule has 5 rings (SSSR count). The molecule has 4 fully saturated rings. The van der Waals surface area contributed by atoms with Crippen LogP contribution in [0.25, 0.3) is 0 Å². The molecule has 2 saturated heterocycles. The normalized spacial score (nSPS) is 53.7. The third-order valence-electron chi connectivity index (χ3n) is 8.84. The topological polar surface area (TPSA) is 85.5 Å². The van der Waals surface area contributed by atoms with Crippen molar-refractivity contribution in [3.05, 3.63) is 24.3 Å². The van der Waals surface area contributed by atoms with Gasteiger partial charge < -0.3 is 14.2 Å². The summed E-state index contributed by atoms with van der Waals surface area (Å²) in [5, 5.41) is 0. The molecule has 34 heavy (non-hydrogen) atoms.